The number of hydrogen-bond acceptors (Lipinski definition) is 2. The van der Waals surface area contributed by atoms with Crippen LogP contribution in [0, 0.1) is 13.8 Å². The van der Waals surface area contributed by atoms with E-state index in [1.54, 1.807) is 0 Å². The maximum absolute atomic E-state index is 6.41. The summed E-state index contributed by atoms with van der Waals surface area (Å²) in [5.41, 5.74) is 10.9. The predicted octanol–water partition coefficient (Wildman–Crippen LogP) is 4.29. The van der Waals surface area contributed by atoms with Crippen molar-refractivity contribution in [2.75, 3.05) is 0 Å². The lowest BCUT2D eigenvalue weighted by molar-refractivity contribution is 0.585. The summed E-state index contributed by atoms with van der Waals surface area (Å²) in [7, 11) is 0. The van der Waals surface area contributed by atoms with E-state index in [9.17, 15) is 0 Å². The first-order valence-corrected chi connectivity index (χ1v) is 8.26. The standard InChI is InChI=1S/C15H19Br2N3/c1-4-20-14(15(17)10(3)19-20)8-13(18)11-7-9(2)5-6-12(11)16/h5-7,13H,4,8,18H2,1-3H3. The second-order valence-corrected chi connectivity index (χ2v) is 6.64. The molecule has 1 unspecified atom stereocenters. The zero-order valence-electron chi connectivity index (χ0n) is 12.0. The van der Waals surface area contributed by atoms with Crippen LogP contribution in [-0.2, 0) is 13.0 Å². The fraction of sp³-hybridized carbons (Fsp3) is 0.400. The molecule has 0 amide bonds. The van der Waals surface area contributed by atoms with Gasteiger partial charge in [-0.2, -0.15) is 5.10 Å². The van der Waals surface area contributed by atoms with Crippen molar-refractivity contribution in [2.45, 2.75) is 39.8 Å². The molecule has 0 aliphatic carbocycles. The summed E-state index contributed by atoms with van der Waals surface area (Å²) in [5, 5.41) is 4.52. The molecular weight excluding hydrogens is 382 g/mol. The first-order valence-electron chi connectivity index (χ1n) is 6.67. The highest BCUT2D eigenvalue weighted by Gasteiger charge is 2.18. The Balaban J connectivity index is 2.32. The Morgan fingerprint density at radius 2 is 2.00 bits per heavy atom. The third-order valence-corrected chi connectivity index (χ3v) is 5.17. The second kappa shape index (κ2) is 6.41. The maximum atomic E-state index is 6.41. The smallest absolute Gasteiger partial charge is 0.0738 e. The van der Waals surface area contributed by atoms with Gasteiger partial charge in [-0.05, 0) is 48.3 Å². The van der Waals surface area contributed by atoms with Crippen molar-refractivity contribution in [1.82, 2.24) is 9.78 Å². The third kappa shape index (κ3) is 3.15. The quantitative estimate of drug-likeness (QED) is 0.831. The van der Waals surface area contributed by atoms with Crippen LogP contribution in [0.25, 0.3) is 0 Å². The Morgan fingerprint density at radius 3 is 2.65 bits per heavy atom. The molecule has 3 nitrogen and oxygen atoms in total. The number of hydrogen-bond donors (Lipinski definition) is 1. The van der Waals surface area contributed by atoms with Gasteiger partial charge in [0, 0.05) is 23.5 Å². The molecule has 1 aromatic carbocycles. The van der Waals surface area contributed by atoms with Crippen LogP contribution in [0.4, 0.5) is 0 Å². The minimum absolute atomic E-state index is 0.0537. The summed E-state index contributed by atoms with van der Waals surface area (Å²) >= 11 is 7.21. The molecule has 1 aromatic heterocycles. The monoisotopic (exact) mass is 399 g/mol. The first kappa shape index (κ1) is 15.7. The van der Waals surface area contributed by atoms with Gasteiger partial charge in [-0.1, -0.05) is 33.6 Å². The molecule has 2 aromatic rings. The molecule has 108 valence electrons. The number of nitrogens with zero attached hydrogens (tertiary/aromatic N) is 2. The summed E-state index contributed by atoms with van der Waals surface area (Å²) in [6.45, 7) is 7.03. The molecule has 0 fully saturated rings. The van der Waals surface area contributed by atoms with Crippen LogP contribution in [0.2, 0.25) is 0 Å². The molecule has 1 atom stereocenters. The highest BCUT2D eigenvalue weighted by molar-refractivity contribution is 9.10. The highest BCUT2D eigenvalue weighted by Crippen LogP contribution is 2.29. The van der Waals surface area contributed by atoms with Gasteiger partial charge in [-0.25, -0.2) is 0 Å². The molecule has 0 spiro atoms. The zero-order valence-corrected chi connectivity index (χ0v) is 15.1. The molecule has 20 heavy (non-hydrogen) atoms. The van der Waals surface area contributed by atoms with Crippen LogP contribution in [0.5, 0.6) is 0 Å². The number of halogens is 2. The lowest BCUT2D eigenvalue weighted by Crippen LogP contribution is -2.17. The Kier molecular flexibility index (Phi) is 5.04. The molecule has 2 N–H and O–H groups in total. The fourth-order valence-electron chi connectivity index (χ4n) is 2.33. The predicted molar refractivity (Wildman–Crippen MR) is 89.8 cm³/mol. The molecule has 2 rings (SSSR count). The van der Waals surface area contributed by atoms with Crippen LogP contribution < -0.4 is 5.73 Å². The van der Waals surface area contributed by atoms with E-state index in [1.807, 2.05) is 11.6 Å². The van der Waals surface area contributed by atoms with Crippen molar-refractivity contribution >= 4 is 31.9 Å². The Labute approximate surface area is 136 Å². The minimum atomic E-state index is -0.0537. The SMILES string of the molecule is CCn1nc(C)c(Br)c1CC(N)c1cc(C)ccc1Br. The van der Waals surface area contributed by atoms with Crippen LogP contribution in [0.3, 0.4) is 0 Å². The van der Waals surface area contributed by atoms with Crippen molar-refractivity contribution in [1.29, 1.82) is 0 Å². The van der Waals surface area contributed by atoms with Crippen molar-refractivity contribution in [3.05, 3.63) is 49.7 Å². The van der Waals surface area contributed by atoms with Crippen molar-refractivity contribution in [2.24, 2.45) is 5.73 Å². The molecule has 0 saturated carbocycles. The first-order chi connectivity index (χ1) is 9.43. The molecule has 0 bridgehead atoms. The highest BCUT2D eigenvalue weighted by atomic mass is 79.9. The molecular formula is C15H19Br2N3. The van der Waals surface area contributed by atoms with Crippen molar-refractivity contribution in [3.63, 3.8) is 0 Å². The average Bonchev–Trinajstić information content (AvgIpc) is 2.69. The molecule has 0 saturated heterocycles. The van der Waals surface area contributed by atoms with Gasteiger partial charge in [0.25, 0.3) is 0 Å². The number of nitrogens with two attached hydrogens (primary N) is 1. The number of aryl methyl sites for hydroxylation is 3. The lowest BCUT2D eigenvalue weighted by atomic mass is 10.0. The summed E-state index contributed by atoms with van der Waals surface area (Å²) < 4.78 is 4.15. The largest absolute Gasteiger partial charge is 0.324 e. The van der Waals surface area contributed by atoms with Gasteiger partial charge >= 0.3 is 0 Å². The molecule has 1 heterocycles. The van der Waals surface area contributed by atoms with Crippen LogP contribution in [0.1, 0.15) is 35.5 Å². The summed E-state index contributed by atoms with van der Waals surface area (Å²) in [6.07, 6.45) is 0.761. The molecule has 0 aliphatic rings. The van der Waals surface area contributed by atoms with Crippen LogP contribution >= 0.6 is 31.9 Å². The van der Waals surface area contributed by atoms with E-state index in [-0.39, 0.29) is 6.04 Å². The summed E-state index contributed by atoms with van der Waals surface area (Å²) in [6, 6.07) is 6.22. The Morgan fingerprint density at radius 1 is 1.30 bits per heavy atom. The van der Waals surface area contributed by atoms with Gasteiger partial charge in [0.15, 0.2) is 0 Å². The third-order valence-electron chi connectivity index (χ3n) is 3.42. The lowest BCUT2D eigenvalue weighted by Gasteiger charge is -2.16. The van der Waals surface area contributed by atoms with E-state index in [4.69, 9.17) is 5.73 Å². The molecule has 0 radical (unpaired) electrons. The average molecular weight is 401 g/mol. The fourth-order valence-corrected chi connectivity index (χ4v) is 3.32. The van der Waals surface area contributed by atoms with Gasteiger partial charge in [0.05, 0.1) is 15.9 Å². The Hall–Kier alpha value is -0.650. The molecule has 0 aliphatic heterocycles. The maximum Gasteiger partial charge on any atom is 0.0738 e. The van der Waals surface area contributed by atoms with E-state index < -0.39 is 0 Å². The van der Waals surface area contributed by atoms with E-state index in [0.29, 0.717) is 0 Å². The number of aromatic nitrogens is 2. The van der Waals surface area contributed by atoms with Gasteiger partial charge in [0.1, 0.15) is 0 Å². The van der Waals surface area contributed by atoms with Crippen LogP contribution in [-0.4, -0.2) is 9.78 Å². The topological polar surface area (TPSA) is 43.8 Å². The van der Waals surface area contributed by atoms with Crippen LogP contribution in [0.15, 0.2) is 27.1 Å². The number of benzene rings is 1. The second-order valence-electron chi connectivity index (χ2n) is 5.00. The molecule has 5 heteroatoms. The van der Waals surface area contributed by atoms with Gasteiger partial charge in [-0.3, -0.25) is 4.68 Å². The van der Waals surface area contributed by atoms with Crippen molar-refractivity contribution < 1.29 is 0 Å². The van der Waals surface area contributed by atoms with E-state index in [1.165, 1.54) is 5.56 Å². The van der Waals surface area contributed by atoms with Crippen molar-refractivity contribution in [3.8, 4) is 0 Å². The summed E-state index contributed by atoms with van der Waals surface area (Å²) in [5.74, 6) is 0. The zero-order chi connectivity index (χ0) is 14.9. The normalized spacial score (nSPS) is 12.7. The minimum Gasteiger partial charge on any atom is -0.324 e. The van der Waals surface area contributed by atoms with Gasteiger partial charge in [-0.15, -0.1) is 0 Å². The Bertz CT molecular complexity index is 620. The van der Waals surface area contributed by atoms with Gasteiger partial charge < -0.3 is 5.73 Å². The van der Waals surface area contributed by atoms with E-state index in [0.717, 1.165) is 38.9 Å². The van der Waals surface area contributed by atoms with E-state index in [2.05, 4.69) is 69.0 Å². The van der Waals surface area contributed by atoms with E-state index >= 15 is 0 Å². The number of rotatable bonds is 4. The summed E-state index contributed by atoms with van der Waals surface area (Å²) in [4.78, 5) is 0. The van der Waals surface area contributed by atoms with Gasteiger partial charge in [0.2, 0.25) is 0 Å².